The van der Waals surface area contributed by atoms with Gasteiger partial charge in [0.1, 0.15) is 0 Å². The van der Waals surface area contributed by atoms with Gasteiger partial charge in [0.2, 0.25) is 0 Å². The second-order valence-corrected chi connectivity index (χ2v) is 9.14. The van der Waals surface area contributed by atoms with Crippen LogP contribution in [0.3, 0.4) is 0 Å². The predicted octanol–water partition coefficient (Wildman–Crippen LogP) is 4.80. The summed E-state index contributed by atoms with van der Waals surface area (Å²) in [6, 6.07) is 13.5. The fraction of sp³-hybridized carbons (Fsp3) is 0.304. The van der Waals surface area contributed by atoms with E-state index in [9.17, 15) is 9.59 Å². The molecule has 0 bridgehead atoms. The van der Waals surface area contributed by atoms with Gasteiger partial charge in [0, 0.05) is 25.0 Å². The number of carbonyl (C=O) groups excluding carboxylic acids is 2. The molecule has 5 heteroatoms. The monoisotopic (exact) mass is 394 g/mol. The van der Waals surface area contributed by atoms with Crippen LogP contribution in [0.15, 0.2) is 47.4 Å². The summed E-state index contributed by atoms with van der Waals surface area (Å²) in [5.74, 6) is -0.495. The van der Waals surface area contributed by atoms with E-state index in [-0.39, 0.29) is 17.1 Å². The normalized spacial score (nSPS) is 14.5. The van der Waals surface area contributed by atoms with Gasteiger partial charge in [-0.25, -0.2) is 4.90 Å². The molecule has 0 aliphatic carbocycles. The van der Waals surface area contributed by atoms with Crippen molar-refractivity contribution >= 4 is 40.5 Å². The van der Waals surface area contributed by atoms with Crippen LogP contribution in [0.5, 0.6) is 0 Å². The first-order valence-corrected chi connectivity index (χ1v) is 10.2. The van der Waals surface area contributed by atoms with Crippen molar-refractivity contribution in [2.24, 2.45) is 0 Å². The summed E-state index contributed by atoms with van der Waals surface area (Å²) in [6.45, 7) is 8.07. The number of anilines is 2. The molecule has 2 aromatic carbocycles. The topological polar surface area (TPSA) is 40.6 Å². The zero-order valence-electron chi connectivity index (χ0n) is 17.2. The number of hydrogen-bond acceptors (Lipinski definition) is 4. The third-order valence-corrected chi connectivity index (χ3v) is 5.74. The second kappa shape index (κ2) is 7.84. The van der Waals surface area contributed by atoms with Crippen LogP contribution in [0.25, 0.3) is 5.57 Å². The molecule has 146 valence electrons. The zero-order chi connectivity index (χ0) is 20.6. The Bertz CT molecular complexity index is 976. The summed E-state index contributed by atoms with van der Waals surface area (Å²) in [5.41, 5.74) is 5.02. The van der Waals surface area contributed by atoms with Gasteiger partial charge >= 0.3 is 0 Å². The first kappa shape index (κ1) is 20.2. The van der Waals surface area contributed by atoms with E-state index in [2.05, 4.69) is 0 Å². The van der Waals surface area contributed by atoms with Crippen LogP contribution in [0.1, 0.15) is 30.5 Å². The minimum atomic E-state index is -0.254. The summed E-state index contributed by atoms with van der Waals surface area (Å²) in [7, 11) is 3.87. The highest BCUT2D eigenvalue weighted by Crippen LogP contribution is 2.41. The Morgan fingerprint density at radius 3 is 2.29 bits per heavy atom. The predicted molar refractivity (Wildman–Crippen MR) is 119 cm³/mol. The molecule has 0 N–H and O–H groups in total. The van der Waals surface area contributed by atoms with Gasteiger partial charge in [-0.1, -0.05) is 43.7 Å². The number of hydrogen-bond donors (Lipinski definition) is 0. The molecule has 0 saturated heterocycles. The Morgan fingerprint density at radius 2 is 1.68 bits per heavy atom. The summed E-state index contributed by atoms with van der Waals surface area (Å²) < 4.78 is 0. The number of benzene rings is 2. The lowest BCUT2D eigenvalue weighted by Gasteiger charge is -2.19. The van der Waals surface area contributed by atoms with Crippen molar-refractivity contribution in [3.8, 4) is 0 Å². The van der Waals surface area contributed by atoms with Crippen molar-refractivity contribution in [1.29, 1.82) is 0 Å². The van der Waals surface area contributed by atoms with Gasteiger partial charge in [-0.3, -0.25) is 9.59 Å². The van der Waals surface area contributed by atoms with Crippen LogP contribution < -0.4 is 9.80 Å². The number of nitrogens with zero attached hydrogens (tertiary/aromatic N) is 2. The molecule has 2 aromatic rings. The Hall–Kier alpha value is -2.53. The average Bonchev–Trinajstić information content (AvgIpc) is 2.85. The maximum atomic E-state index is 13.4. The van der Waals surface area contributed by atoms with Crippen molar-refractivity contribution in [2.45, 2.75) is 32.9 Å². The first-order valence-electron chi connectivity index (χ1n) is 9.35. The van der Waals surface area contributed by atoms with Gasteiger partial charge in [0.25, 0.3) is 11.8 Å². The van der Waals surface area contributed by atoms with Crippen LogP contribution in [-0.4, -0.2) is 31.2 Å². The number of thioether (sulfide) groups is 1. The van der Waals surface area contributed by atoms with Crippen molar-refractivity contribution in [3.63, 3.8) is 0 Å². The summed E-state index contributed by atoms with van der Waals surface area (Å²) in [4.78, 5) is 30.6. The highest BCUT2D eigenvalue weighted by atomic mass is 32.2. The van der Waals surface area contributed by atoms with E-state index in [1.54, 1.807) is 0 Å². The largest absolute Gasteiger partial charge is 0.378 e. The number of aryl methyl sites for hydroxylation is 2. The molecule has 0 aromatic heterocycles. The fourth-order valence-electron chi connectivity index (χ4n) is 3.33. The second-order valence-electron chi connectivity index (χ2n) is 7.55. The quantitative estimate of drug-likeness (QED) is 0.684. The van der Waals surface area contributed by atoms with Crippen molar-refractivity contribution in [1.82, 2.24) is 0 Å². The Kier molecular flexibility index (Phi) is 5.66. The average molecular weight is 395 g/mol. The van der Waals surface area contributed by atoms with E-state index in [4.69, 9.17) is 0 Å². The van der Waals surface area contributed by atoms with Gasteiger partial charge in [-0.15, -0.1) is 11.8 Å². The van der Waals surface area contributed by atoms with Crippen LogP contribution in [0, 0.1) is 13.8 Å². The third kappa shape index (κ3) is 3.72. The van der Waals surface area contributed by atoms with Crippen molar-refractivity contribution in [3.05, 3.63) is 64.1 Å². The molecule has 0 spiro atoms. The van der Waals surface area contributed by atoms with E-state index >= 15 is 0 Å². The van der Waals surface area contributed by atoms with E-state index in [0.29, 0.717) is 16.2 Å². The van der Waals surface area contributed by atoms with E-state index in [1.807, 2.05) is 89.2 Å². The van der Waals surface area contributed by atoms with Gasteiger partial charge < -0.3 is 4.90 Å². The van der Waals surface area contributed by atoms with E-state index < -0.39 is 0 Å². The number of imide groups is 1. The molecule has 3 rings (SSSR count). The Balaban J connectivity index is 2.13. The highest BCUT2D eigenvalue weighted by molar-refractivity contribution is 8.04. The lowest BCUT2D eigenvalue weighted by atomic mass is 9.99. The minimum Gasteiger partial charge on any atom is -0.378 e. The standard InChI is InChI=1S/C23H26N2O2S/c1-14(2)28-21-20(19-11-10-15(3)12-16(19)4)22(26)25(23(21)27)18-9-7-8-17(13-18)24(5)6/h7-14H,1-6H3. The molecule has 0 fully saturated rings. The van der Waals surface area contributed by atoms with Gasteiger partial charge in [-0.2, -0.15) is 0 Å². The molecule has 4 nitrogen and oxygen atoms in total. The lowest BCUT2D eigenvalue weighted by Crippen LogP contribution is -2.31. The van der Waals surface area contributed by atoms with E-state index in [0.717, 1.165) is 22.4 Å². The highest BCUT2D eigenvalue weighted by Gasteiger charge is 2.41. The van der Waals surface area contributed by atoms with Gasteiger partial charge in [0.15, 0.2) is 0 Å². The fourth-order valence-corrected chi connectivity index (χ4v) is 4.31. The van der Waals surface area contributed by atoms with Crippen molar-refractivity contribution in [2.75, 3.05) is 23.9 Å². The van der Waals surface area contributed by atoms with Gasteiger partial charge in [0.05, 0.1) is 16.2 Å². The van der Waals surface area contributed by atoms with Crippen LogP contribution in [-0.2, 0) is 9.59 Å². The van der Waals surface area contributed by atoms with Crippen molar-refractivity contribution < 1.29 is 9.59 Å². The molecule has 1 aliphatic rings. The van der Waals surface area contributed by atoms with Crippen LogP contribution in [0.4, 0.5) is 11.4 Å². The Morgan fingerprint density at radius 1 is 0.964 bits per heavy atom. The van der Waals surface area contributed by atoms with Gasteiger partial charge in [-0.05, 0) is 43.2 Å². The molecule has 28 heavy (non-hydrogen) atoms. The smallest absolute Gasteiger partial charge is 0.272 e. The van der Waals surface area contributed by atoms with Crippen LogP contribution in [0.2, 0.25) is 0 Å². The molecule has 0 atom stereocenters. The number of amides is 2. The molecule has 0 saturated carbocycles. The summed E-state index contributed by atoms with van der Waals surface area (Å²) in [5, 5.41) is 0.195. The maximum absolute atomic E-state index is 13.4. The maximum Gasteiger partial charge on any atom is 0.272 e. The molecule has 1 aliphatic heterocycles. The molecule has 2 amide bonds. The number of rotatable bonds is 5. The first-order chi connectivity index (χ1) is 13.2. The minimum absolute atomic E-state index is 0.195. The SMILES string of the molecule is Cc1ccc(C2=C(SC(C)C)C(=O)N(c3cccc(N(C)C)c3)C2=O)c(C)c1. The Labute approximate surface area is 171 Å². The molecular formula is C23H26N2O2S. The summed E-state index contributed by atoms with van der Waals surface area (Å²) >= 11 is 1.46. The zero-order valence-corrected chi connectivity index (χ0v) is 18.1. The third-order valence-electron chi connectivity index (χ3n) is 4.65. The molecule has 1 heterocycles. The molecule has 0 radical (unpaired) electrons. The lowest BCUT2D eigenvalue weighted by molar-refractivity contribution is -0.119. The molecule has 0 unspecified atom stereocenters. The summed E-state index contributed by atoms with van der Waals surface area (Å²) in [6.07, 6.45) is 0. The molecular weight excluding hydrogens is 368 g/mol. The number of carbonyl (C=O) groups is 2. The van der Waals surface area contributed by atoms with E-state index in [1.165, 1.54) is 16.7 Å². The van der Waals surface area contributed by atoms with Crippen LogP contribution >= 0.6 is 11.8 Å².